The summed E-state index contributed by atoms with van der Waals surface area (Å²) in [4.78, 5) is 18.2. The van der Waals surface area contributed by atoms with Crippen molar-refractivity contribution in [2.45, 2.75) is 25.6 Å². The molecule has 2 unspecified atom stereocenters. The van der Waals surface area contributed by atoms with Gasteiger partial charge in [-0.2, -0.15) is 0 Å². The first-order chi connectivity index (χ1) is 8.99. The van der Waals surface area contributed by atoms with Crippen molar-refractivity contribution in [1.29, 1.82) is 0 Å². The molecule has 0 aliphatic carbocycles. The summed E-state index contributed by atoms with van der Waals surface area (Å²) >= 11 is 3.38. The van der Waals surface area contributed by atoms with Gasteiger partial charge in [-0.15, -0.1) is 0 Å². The SMILES string of the molecule is CC1=CC2(C)OC(=O)N(c3ccc(Br)cc3)C2N=C1. The number of fused-ring (bicyclic) bond motifs is 1. The molecular formula is C14H13BrN2O2. The van der Waals surface area contributed by atoms with Gasteiger partial charge in [-0.3, -0.25) is 9.89 Å². The number of benzene rings is 1. The monoisotopic (exact) mass is 320 g/mol. The maximum atomic E-state index is 12.1. The van der Waals surface area contributed by atoms with Gasteiger partial charge < -0.3 is 4.74 Å². The highest BCUT2D eigenvalue weighted by Crippen LogP contribution is 2.38. The zero-order valence-electron chi connectivity index (χ0n) is 10.6. The smallest absolute Gasteiger partial charge is 0.417 e. The third kappa shape index (κ3) is 1.98. The molecule has 0 N–H and O–H groups in total. The van der Waals surface area contributed by atoms with E-state index >= 15 is 0 Å². The average molecular weight is 321 g/mol. The number of carbonyl (C=O) groups excluding carboxylic acids is 1. The number of carbonyl (C=O) groups is 1. The van der Waals surface area contributed by atoms with E-state index in [1.807, 2.05) is 44.2 Å². The lowest BCUT2D eigenvalue weighted by molar-refractivity contribution is 0.0917. The molecule has 98 valence electrons. The lowest BCUT2D eigenvalue weighted by atomic mass is 9.97. The van der Waals surface area contributed by atoms with Crippen LogP contribution in [0.5, 0.6) is 0 Å². The van der Waals surface area contributed by atoms with Crippen LogP contribution < -0.4 is 4.90 Å². The molecule has 1 fully saturated rings. The van der Waals surface area contributed by atoms with Crippen LogP contribution in [0.3, 0.4) is 0 Å². The van der Waals surface area contributed by atoms with Gasteiger partial charge in [0.25, 0.3) is 0 Å². The van der Waals surface area contributed by atoms with Crippen molar-refractivity contribution in [2.24, 2.45) is 4.99 Å². The van der Waals surface area contributed by atoms with Crippen molar-refractivity contribution in [3.63, 3.8) is 0 Å². The summed E-state index contributed by atoms with van der Waals surface area (Å²) in [6.45, 7) is 3.83. The average Bonchev–Trinajstić information content (AvgIpc) is 2.59. The van der Waals surface area contributed by atoms with E-state index in [1.54, 1.807) is 11.1 Å². The number of hydrogen-bond donors (Lipinski definition) is 0. The molecule has 0 radical (unpaired) electrons. The Morgan fingerprint density at radius 2 is 2.05 bits per heavy atom. The van der Waals surface area contributed by atoms with E-state index in [0.29, 0.717) is 0 Å². The molecule has 1 aromatic carbocycles. The van der Waals surface area contributed by atoms with Crippen LogP contribution in [0.15, 0.2) is 45.4 Å². The summed E-state index contributed by atoms with van der Waals surface area (Å²) in [5.74, 6) is 0. The van der Waals surface area contributed by atoms with Crippen LogP contribution in [-0.4, -0.2) is 24.1 Å². The lowest BCUT2D eigenvalue weighted by Gasteiger charge is -2.29. The number of ether oxygens (including phenoxy) is 1. The summed E-state index contributed by atoms with van der Waals surface area (Å²) in [5, 5.41) is 0. The van der Waals surface area contributed by atoms with Gasteiger partial charge in [-0.05, 0) is 49.8 Å². The fraction of sp³-hybridized carbons (Fsp3) is 0.286. The number of halogens is 1. The third-order valence-electron chi connectivity index (χ3n) is 3.30. The van der Waals surface area contributed by atoms with Crippen LogP contribution in [0.2, 0.25) is 0 Å². The molecule has 3 rings (SSSR count). The van der Waals surface area contributed by atoms with Crippen molar-refractivity contribution in [3.05, 3.63) is 40.4 Å². The third-order valence-corrected chi connectivity index (χ3v) is 3.83. The standard InChI is InChI=1S/C14H13BrN2O2/c1-9-7-14(2)12(16-8-9)17(13(18)19-14)11-5-3-10(15)4-6-11/h3-8,12H,1-2H3. The van der Waals surface area contributed by atoms with E-state index in [-0.39, 0.29) is 12.3 Å². The number of amides is 1. The topological polar surface area (TPSA) is 41.9 Å². The molecular weight excluding hydrogens is 308 g/mol. The molecule has 19 heavy (non-hydrogen) atoms. The molecule has 1 amide bonds. The number of dihydropyridines is 1. The zero-order chi connectivity index (χ0) is 13.6. The van der Waals surface area contributed by atoms with Crippen molar-refractivity contribution < 1.29 is 9.53 Å². The van der Waals surface area contributed by atoms with E-state index in [0.717, 1.165) is 15.7 Å². The molecule has 1 saturated heterocycles. The number of rotatable bonds is 1. The summed E-state index contributed by atoms with van der Waals surface area (Å²) in [6, 6.07) is 7.54. The first kappa shape index (κ1) is 12.4. The molecule has 2 heterocycles. The highest BCUT2D eigenvalue weighted by atomic mass is 79.9. The van der Waals surface area contributed by atoms with E-state index in [4.69, 9.17) is 4.74 Å². The first-order valence-electron chi connectivity index (χ1n) is 6.00. The quantitative estimate of drug-likeness (QED) is 0.794. The van der Waals surface area contributed by atoms with Gasteiger partial charge in [-0.25, -0.2) is 4.79 Å². The molecule has 2 aliphatic rings. The molecule has 2 atom stereocenters. The van der Waals surface area contributed by atoms with E-state index in [1.165, 1.54) is 0 Å². The maximum absolute atomic E-state index is 12.1. The molecule has 5 heteroatoms. The number of aliphatic imine (C=N–C) groups is 1. The van der Waals surface area contributed by atoms with Gasteiger partial charge in [0, 0.05) is 16.4 Å². The summed E-state index contributed by atoms with van der Waals surface area (Å²) in [6.07, 6.45) is 3.02. The Morgan fingerprint density at radius 3 is 2.74 bits per heavy atom. The van der Waals surface area contributed by atoms with Crippen LogP contribution in [0.25, 0.3) is 0 Å². The second kappa shape index (κ2) is 4.20. The molecule has 0 aromatic heterocycles. The van der Waals surface area contributed by atoms with Gasteiger partial charge in [0.15, 0.2) is 11.8 Å². The molecule has 0 spiro atoms. The first-order valence-corrected chi connectivity index (χ1v) is 6.79. The Balaban J connectivity index is 2.02. The van der Waals surface area contributed by atoms with Gasteiger partial charge in [0.05, 0.1) is 0 Å². The normalized spacial score (nSPS) is 29.0. The Morgan fingerprint density at radius 1 is 1.37 bits per heavy atom. The van der Waals surface area contributed by atoms with Crippen LogP contribution in [0, 0.1) is 0 Å². The van der Waals surface area contributed by atoms with Gasteiger partial charge in [0.1, 0.15) is 0 Å². The predicted molar refractivity (Wildman–Crippen MR) is 77.5 cm³/mol. The number of allylic oxidation sites excluding steroid dienone is 1. The largest absolute Gasteiger partial charge is 0.434 e. The van der Waals surface area contributed by atoms with Gasteiger partial charge >= 0.3 is 6.09 Å². The molecule has 0 saturated carbocycles. The van der Waals surface area contributed by atoms with Crippen molar-refractivity contribution in [1.82, 2.24) is 0 Å². The van der Waals surface area contributed by atoms with Crippen molar-refractivity contribution in [2.75, 3.05) is 4.90 Å². The summed E-state index contributed by atoms with van der Waals surface area (Å²) < 4.78 is 6.47. The van der Waals surface area contributed by atoms with Crippen LogP contribution in [0.1, 0.15) is 13.8 Å². The minimum Gasteiger partial charge on any atom is -0.434 e. The van der Waals surface area contributed by atoms with E-state index in [9.17, 15) is 4.79 Å². The Kier molecular flexibility index (Phi) is 2.74. The molecule has 0 bridgehead atoms. The van der Waals surface area contributed by atoms with E-state index in [2.05, 4.69) is 20.9 Å². The highest BCUT2D eigenvalue weighted by Gasteiger charge is 2.51. The Labute approximate surface area is 119 Å². The fourth-order valence-corrected chi connectivity index (χ4v) is 2.75. The van der Waals surface area contributed by atoms with Crippen molar-refractivity contribution >= 4 is 33.9 Å². The van der Waals surface area contributed by atoms with Crippen LogP contribution in [-0.2, 0) is 4.74 Å². The second-order valence-electron chi connectivity index (χ2n) is 4.94. The predicted octanol–water partition coefficient (Wildman–Crippen LogP) is 3.52. The number of hydrogen-bond acceptors (Lipinski definition) is 3. The highest BCUT2D eigenvalue weighted by molar-refractivity contribution is 9.10. The minimum absolute atomic E-state index is 0.343. The minimum atomic E-state index is -0.691. The van der Waals surface area contributed by atoms with E-state index < -0.39 is 5.60 Å². The second-order valence-corrected chi connectivity index (χ2v) is 5.85. The van der Waals surface area contributed by atoms with Crippen LogP contribution in [0.4, 0.5) is 10.5 Å². The Bertz CT molecular complexity index is 594. The summed E-state index contributed by atoms with van der Waals surface area (Å²) in [7, 11) is 0. The molecule has 1 aromatic rings. The van der Waals surface area contributed by atoms with Gasteiger partial charge in [0.2, 0.25) is 0 Å². The fourth-order valence-electron chi connectivity index (χ4n) is 2.49. The number of nitrogens with zero attached hydrogens (tertiary/aromatic N) is 2. The zero-order valence-corrected chi connectivity index (χ0v) is 12.2. The maximum Gasteiger partial charge on any atom is 0.417 e. The Hall–Kier alpha value is -1.62. The van der Waals surface area contributed by atoms with Crippen molar-refractivity contribution in [3.8, 4) is 0 Å². The summed E-state index contributed by atoms with van der Waals surface area (Å²) in [5.41, 5.74) is 1.10. The number of anilines is 1. The van der Waals surface area contributed by atoms with Crippen LogP contribution >= 0.6 is 15.9 Å². The lowest BCUT2D eigenvalue weighted by Crippen LogP contribution is -2.42. The van der Waals surface area contributed by atoms with Gasteiger partial charge in [-0.1, -0.05) is 15.9 Å². The molecule has 2 aliphatic heterocycles. The molecule has 4 nitrogen and oxygen atoms in total.